The van der Waals surface area contributed by atoms with Crippen LogP contribution in [0.2, 0.25) is 0 Å². The summed E-state index contributed by atoms with van der Waals surface area (Å²) in [5.74, 6) is 0.211. The average molecular weight is 361 g/mol. The fourth-order valence-electron chi connectivity index (χ4n) is 2.69. The van der Waals surface area contributed by atoms with Crippen LogP contribution in [-0.4, -0.2) is 4.57 Å². The molecular formula is C20H15N3O4. The zero-order chi connectivity index (χ0) is 19.0. The number of nitrogens with zero attached hydrogens (tertiary/aromatic N) is 1. The molecule has 4 rings (SSSR count). The third-order valence-corrected chi connectivity index (χ3v) is 4.03. The lowest BCUT2D eigenvalue weighted by Crippen LogP contribution is -2.30. The van der Waals surface area contributed by atoms with Gasteiger partial charge in [0, 0.05) is 17.4 Å². The molecule has 3 aromatic carbocycles. The van der Waals surface area contributed by atoms with Gasteiger partial charge < -0.3 is 20.6 Å². The number of aromatic nitrogens is 1. The van der Waals surface area contributed by atoms with E-state index in [1.807, 2.05) is 0 Å². The number of rotatable bonds is 3. The Bertz CT molecular complexity index is 1240. The Balaban J connectivity index is 1.78. The molecule has 0 aliphatic carbocycles. The van der Waals surface area contributed by atoms with Crippen molar-refractivity contribution in [2.45, 2.75) is 0 Å². The molecule has 134 valence electrons. The van der Waals surface area contributed by atoms with E-state index in [0.29, 0.717) is 28.6 Å². The van der Waals surface area contributed by atoms with E-state index in [1.54, 1.807) is 60.7 Å². The number of hydrogen-bond donors (Lipinski definition) is 2. The zero-order valence-corrected chi connectivity index (χ0v) is 14.1. The summed E-state index contributed by atoms with van der Waals surface area (Å²) >= 11 is 0. The maximum Gasteiger partial charge on any atom is 0.426 e. The molecule has 0 fully saturated rings. The van der Waals surface area contributed by atoms with Crippen LogP contribution < -0.4 is 27.5 Å². The van der Waals surface area contributed by atoms with Gasteiger partial charge in [0.15, 0.2) is 0 Å². The van der Waals surface area contributed by atoms with Gasteiger partial charge >= 0.3 is 5.76 Å². The lowest BCUT2D eigenvalue weighted by atomic mass is 10.2. The Morgan fingerprint density at radius 3 is 2.04 bits per heavy atom. The molecule has 0 atom stereocenters. The molecule has 0 saturated heterocycles. The van der Waals surface area contributed by atoms with Crippen molar-refractivity contribution >= 4 is 22.3 Å². The van der Waals surface area contributed by atoms with E-state index in [0.717, 1.165) is 4.57 Å². The van der Waals surface area contributed by atoms with Gasteiger partial charge in [-0.05, 0) is 60.7 Å². The molecule has 4 aromatic rings. The number of anilines is 2. The van der Waals surface area contributed by atoms with E-state index < -0.39 is 11.3 Å². The van der Waals surface area contributed by atoms with E-state index >= 15 is 0 Å². The molecule has 4 N–H and O–H groups in total. The lowest BCUT2D eigenvalue weighted by Gasteiger charge is -2.08. The van der Waals surface area contributed by atoms with Gasteiger partial charge in [0.05, 0.1) is 11.1 Å². The highest BCUT2D eigenvalue weighted by Crippen LogP contribution is 2.25. The van der Waals surface area contributed by atoms with Crippen LogP contribution in [-0.2, 0) is 0 Å². The van der Waals surface area contributed by atoms with Crippen molar-refractivity contribution in [1.29, 1.82) is 0 Å². The van der Waals surface area contributed by atoms with Crippen molar-refractivity contribution in [1.82, 2.24) is 4.57 Å². The Morgan fingerprint density at radius 2 is 1.37 bits per heavy atom. The Labute approximate surface area is 153 Å². The number of benzene rings is 3. The molecule has 0 bridgehead atoms. The van der Waals surface area contributed by atoms with E-state index in [-0.39, 0.29) is 11.0 Å². The van der Waals surface area contributed by atoms with Crippen LogP contribution in [0.5, 0.6) is 11.5 Å². The van der Waals surface area contributed by atoms with Crippen LogP contribution in [0.25, 0.3) is 16.7 Å². The van der Waals surface area contributed by atoms with Gasteiger partial charge in [-0.25, -0.2) is 9.36 Å². The molecule has 0 unspecified atom stereocenters. The highest BCUT2D eigenvalue weighted by molar-refractivity contribution is 5.77. The molecule has 0 saturated carbocycles. The monoisotopic (exact) mass is 361 g/mol. The lowest BCUT2D eigenvalue weighted by molar-refractivity contribution is 0.475. The molecule has 0 amide bonds. The fraction of sp³-hybridized carbons (Fsp3) is 0. The largest absolute Gasteiger partial charge is 0.457 e. The maximum absolute atomic E-state index is 12.8. The summed E-state index contributed by atoms with van der Waals surface area (Å²) in [7, 11) is 0. The predicted octanol–water partition coefficient (Wildman–Crippen LogP) is 2.90. The van der Waals surface area contributed by atoms with Crippen LogP contribution in [0.1, 0.15) is 0 Å². The highest BCUT2D eigenvalue weighted by Gasteiger charge is 2.12. The molecule has 0 aliphatic heterocycles. The van der Waals surface area contributed by atoms with Crippen molar-refractivity contribution < 1.29 is 9.15 Å². The average Bonchev–Trinajstić information content (AvgIpc) is 2.65. The summed E-state index contributed by atoms with van der Waals surface area (Å²) in [5.41, 5.74) is 12.5. The Hall–Kier alpha value is -4.00. The first-order valence-electron chi connectivity index (χ1n) is 8.10. The van der Waals surface area contributed by atoms with Gasteiger partial charge in [0.1, 0.15) is 17.1 Å². The van der Waals surface area contributed by atoms with Crippen LogP contribution in [0.15, 0.2) is 80.7 Å². The number of nitrogen functional groups attached to an aromatic ring is 2. The topological polar surface area (TPSA) is 113 Å². The molecule has 7 nitrogen and oxygen atoms in total. The van der Waals surface area contributed by atoms with E-state index in [4.69, 9.17) is 20.6 Å². The normalized spacial score (nSPS) is 10.8. The Kier molecular flexibility index (Phi) is 3.89. The van der Waals surface area contributed by atoms with E-state index in [2.05, 4.69) is 0 Å². The summed E-state index contributed by atoms with van der Waals surface area (Å²) in [5, 5.41) is 0.260. The minimum Gasteiger partial charge on any atom is -0.457 e. The molecule has 0 spiro atoms. The third-order valence-electron chi connectivity index (χ3n) is 4.03. The second kappa shape index (κ2) is 6.38. The second-order valence-corrected chi connectivity index (χ2v) is 5.93. The molecule has 0 radical (unpaired) electrons. The third kappa shape index (κ3) is 3.13. The van der Waals surface area contributed by atoms with Crippen molar-refractivity contribution in [3.05, 3.63) is 87.6 Å². The van der Waals surface area contributed by atoms with Gasteiger partial charge in [-0.1, -0.05) is 0 Å². The number of fused-ring (bicyclic) bond motifs is 1. The van der Waals surface area contributed by atoms with Crippen LogP contribution >= 0.6 is 0 Å². The SMILES string of the molecule is Nc1ccc(Oc2ccc3c(=O)n(-c4ccc(N)cc4)c(=O)oc3c2)cc1. The predicted molar refractivity (Wildman–Crippen MR) is 103 cm³/mol. The van der Waals surface area contributed by atoms with Crippen molar-refractivity contribution in [2.75, 3.05) is 11.5 Å². The van der Waals surface area contributed by atoms with Crippen LogP contribution in [0, 0.1) is 0 Å². The smallest absolute Gasteiger partial charge is 0.426 e. The van der Waals surface area contributed by atoms with Crippen LogP contribution in [0.4, 0.5) is 11.4 Å². The van der Waals surface area contributed by atoms with Crippen molar-refractivity contribution in [3.63, 3.8) is 0 Å². The standard InChI is InChI=1S/C20H15N3O4/c21-12-1-5-14(6-2-12)23-19(24)17-10-9-16(11-18(17)27-20(23)25)26-15-7-3-13(22)4-8-15/h1-11H,21-22H2. The van der Waals surface area contributed by atoms with Gasteiger partial charge in [-0.15, -0.1) is 0 Å². The molecule has 7 heteroatoms. The maximum atomic E-state index is 12.8. The first-order valence-corrected chi connectivity index (χ1v) is 8.10. The summed E-state index contributed by atoms with van der Waals surface area (Å²) in [6.45, 7) is 0. The first kappa shape index (κ1) is 16.5. The van der Waals surface area contributed by atoms with Gasteiger partial charge in [0.25, 0.3) is 5.56 Å². The summed E-state index contributed by atoms with van der Waals surface area (Å²) in [4.78, 5) is 25.1. The van der Waals surface area contributed by atoms with Gasteiger partial charge in [0.2, 0.25) is 0 Å². The molecule has 1 heterocycles. The molecule has 0 aliphatic rings. The summed E-state index contributed by atoms with van der Waals surface area (Å²) in [6.07, 6.45) is 0. The van der Waals surface area contributed by atoms with Gasteiger partial charge in [-0.2, -0.15) is 0 Å². The number of ether oxygens (including phenoxy) is 1. The van der Waals surface area contributed by atoms with Crippen molar-refractivity contribution in [3.8, 4) is 17.2 Å². The quantitative estimate of drug-likeness (QED) is 0.542. The number of hydrogen-bond acceptors (Lipinski definition) is 6. The second-order valence-electron chi connectivity index (χ2n) is 5.93. The zero-order valence-electron chi connectivity index (χ0n) is 14.1. The fourth-order valence-corrected chi connectivity index (χ4v) is 2.69. The van der Waals surface area contributed by atoms with E-state index in [1.165, 1.54) is 6.07 Å². The molecular weight excluding hydrogens is 346 g/mol. The minimum atomic E-state index is -0.790. The first-order chi connectivity index (χ1) is 13.0. The van der Waals surface area contributed by atoms with Crippen molar-refractivity contribution in [2.24, 2.45) is 0 Å². The molecule has 27 heavy (non-hydrogen) atoms. The summed E-state index contributed by atoms with van der Waals surface area (Å²) < 4.78 is 12.0. The Morgan fingerprint density at radius 1 is 0.778 bits per heavy atom. The minimum absolute atomic E-state index is 0.143. The number of nitrogens with two attached hydrogens (primary N) is 2. The van der Waals surface area contributed by atoms with Crippen LogP contribution in [0.3, 0.4) is 0 Å². The highest BCUT2D eigenvalue weighted by atomic mass is 16.5. The van der Waals surface area contributed by atoms with Gasteiger partial charge in [-0.3, -0.25) is 4.79 Å². The summed E-state index contributed by atoms with van der Waals surface area (Å²) in [6, 6.07) is 17.9. The molecule has 1 aromatic heterocycles. The van der Waals surface area contributed by atoms with E-state index in [9.17, 15) is 9.59 Å².